The first-order valence-electron chi connectivity index (χ1n) is 9.79. The maximum Gasteiger partial charge on any atom is 0.271 e. The minimum atomic E-state index is -0.412. The number of carbonyl (C=O) groups excluding carboxylic acids is 3. The first-order chi connectivity index (χ1) is 14.4. The van der Waals surface area contributed by atoms with Crippen molar-refractivity contribution in [3.63, 3.8) is 0 Å². The van der Waals surface area contributed by atoms with Crippen molar-refractivity contribution >= 4 is 46.4 Å². The summed E-state index contributed by atoms with van der Waals surface area (Å²) in [5.74, 6) is -0.771. The van der Waals surface area contributed by atoms with Gasteiger partial charge in [-0.2, -0.15) is 5.10 Å². The first kappa shape index (κ1) is 20.1. The molecule has 30 heavy (non-hydrogen) atoms. The lowest BCUT2D eigenvalue weighted by Crippen LogP contribution is -2.36. The molecule has 0 radical (unpaired) electrons. The van der Waals surface area contributed by atoms with E-state index in [2.05, 4.69) is 15.7 Å². The van der Waals surface area contributed by atoms with E-state index in [4.69, 9.17) is 11.6 Å². The number of benzene rings is 2. The van der Waals surface area contributed by atoms with Gasteiger partial charge in [-0.25, -0.2) is 5.01 Å². The molecule has 0 aromatic heterocycles. The molecule has 1 aliphatic heterocycles. The zero-order valence-corrected chi connectivity index (χ0v) is 17.2. The molecule has 2 aliphatic rings. The van der Waals surface area contributed by atoms with E-state index < -0.39 is 5.91 Å². The Kier molecular flexibility index (Phi) is 5.55. The third-order valence-corrected chi connectivity index (χ3v) is 5.40. The Balaban J connectivity index is 1.50. The van der Waals surface area contributed by atoms with Crippen molar-refractivity contribution in [1.29, 1.82) is 0 Å². The van der Waals surface area contributed by atoms with Crippen molar-refractivity contribution in [3.05, 3.63) is 58.6 Å². The van der Waals surface area contributed by atoms with Crippen molar-refractivity contribution in [2.45, 2.75) is 38.6 Å². The third kappa shape index (κ3) is 4.52. The van der Waals surface area contributed by atoms with Crippen LogP contribution >= 0.6 is 11.6 Å². The van der Waals surface area contributed by atoms with Crippen LogP contribution in [0.15, 0.2) is 47.6 Å². The predicted molar refractivity (Wildman–Crippen MR) is 116 cm³/mol. The molecule has 8 heteroatoms. The van der Waals surface area contributed by atoms with Crippen LogP contribution in [-0.2, 0) is 9.59 Å². The number of hydrogen-bond donors (Lipinski definition) is 2. The largest absolute Gasteiger partial charge is 0.349 e. The lowest BCUT2D eigenvalue weighted by Gasteiger charge is -2.23. The number of rotatable bonds is 5. The summed E-state index contributed by atoms with van der Waals surface area (Å²) in [7, 11) is 0. The topological polar surface area (TPSA) is 90.9 Å². The molecule has 0 saturated heterocycles. The van der Waals surface area contributed by atoms with Gasteiger partial charge in [0.25, 0.3) is 11.8 Å². The number of hydrogen-bond acceptors (Lipinski definition) is 4. The number of hydrazone groups is 1. The molecule has 4 rings (SSSR count). The highest BCUT2D eigenvalue weighted by Gasteiger charge is 2.27. The molecule has 0 atom stereocenters. The average Bonchev–Trinajstić information content (AvgIpc) is 3.54. The van der Waals surface area contributed by atoms with Gasteiger partial charge in [0.15, 0.2) is 0 Å². The Labute approximate surface area is 179 Å². The summed E-state index contributed by atoms with van der Waals surface area (Å²) >= 11 is 6.16. The first-order valence-corrected chi connectivity index (χ1v) is 10.2. The van der Waals surface area contributed by atoms with Crippen molar-refractivity contribution in [3.8, 4) is 0 Å². The summed E-state index contributed by atoms with van der Waals surface area (Å²) in [6.45, 7) is 1.87. The van der Waals surface area contributed by atoms with Crippen LogP contribution in [0.4, 0.5) is 11.4 Å². The Morgan fingerprint density at radius 1 is 1.10 bits per heavy atom. The third-order valence-electron chi connectivity index (χ3n) is 4.99. The second-order valence-corrected chi connectivity index (χ2v) is 7.88. The molecule has 2 N–H and O–H groups in total. The quantitative estimate of drug-likeness (QED) is 0.767. The zero-order chi connectivity index (χ0) is 21.3. The van der Waals surface area contributed by atoms with E-state index in [-0.39, 0.29) is 36.4 Å². The lowest BCUT2D eigenvalue weighted by molar-refractivity contribution is -0.118. The van der Waals surface area contributed by atoms with E-state index in [0.717, 1.165) is 18.4 Å². The number of nitrogens with zero attached hydrogens (tertiary/aromatic N) is 2. The van der Waals surface area contributed by atoms with Gasteiger partial charge < -0.3 is 10.6 Å². The summed E-state index contributed by atoms with van der Waals surface area (Å²) in [4.78, 5) is 37.3. The molecule has 0 bridgehead atoms. The molecule has 2 aromatic carbocycles. The molecule has 3 amide bonds. The van der Waals surface area contributed by atoms with Crippen LogP contribution in [0.3, 0.4) is 0 Å². The highest BCUT2D eigenvalue weighted by molar-refractivity contribution is 6.44. The van der Waals surface area contributed by atoms with Crippen LogP contribution in [-0.4, -0.2) is 29.5 Å². The molecule has 1 saturated carbocycles. The molecular weight excluding hydrogens is 404 g/mol. The maximum atomic E-state index is 12.7. The Bertz CT molecular complexity index is 1060. The summed E-state index contributed by atoms with van der Waals surface area (Å²) in [5, 5.41) is 11.7. The van der Waals surface area contributed by atoms with E-state index in [1.54, 1.807) is 42.5 Å². The molecule has 0 spiro atoms. The van der Waals surface area contributed by atoms with Gasteiger partial charge in [-0.05, 0) is 55.7 Å². The number of carbonyl (C=O) groups is 3. The van der Waals surface area contributed by atoms with Gasteiger partial charge in [-0.3, -0.25) is 14.4 Å². The van der Waals surface area contributed by atoms with Crippen LogP contribution in [0.25, 0.3) is 0 Å². The maximum absolute atomic E-state index is 12.7. The highest BCUT2D eigenvalue weighted by Crippen LogP contribution is 2.26. The number of anilines is 2. The van der Waals surface area contributed by atoms with Crippen LogP contribution in [0.5, 0.6) is 0 Å². The minimum absolute atomic E-state index is 0.156. The van der Waals surface area contributed by atoms with E-state index in [1.165, 1.54) is 5.01 Å². The van der Waals surface area contributed by atoms with Gasteiger partial charge >= 0.3 is 0 Å². The van der Waals surface area contributed by atoms with Crippen LogP contribution < -0.4 is 15.6 Å². The molecule has 7 nitrogen and oxygen atoms in total. The zero-order valence-electron chi connectivity index (χ0n) is 16.4. The average molecular weight is 425 g/mol. The van der Waals surface area contributed by atoms with Crippen molar-refractivity contribution < 1.29 is 14.4 Å². The highest BCUT2D eigenvalue weighted by atomic mass is 35.5. The predicted octanol–water partition coefficient (Wildman–Crippen LogP) is 3.66. The Morgan fingerprint density at radius 3 is 2.63 bits per heavy atom. The number of aryl methyl sites for hydroxylation is 1. The van der Waals surface area contributed by atoms with Gasteiger partial charge in [0, 0.05) is 35.2 Å². The summed E-state index contributed by atoms with van der Waals surface area (Å²) in [6, 6.07) is 12.2. The summed E-state index contributed by atoms with van der Waals surface area (Å²) < 4.78 is 0. The van der Waals surface area contributed by atoms with E-state index >= 15 is 0 Å². The molecule has 1 heterocycles. The van der Waals surface area contributed by atoms with Gasteiger partial charge in [0.2, 0.25) is 5.91 Å². The molecular formula is C22H21ClN4O3. The summed E-state index contributed by atoms with van der Waals surface area (Å²) in [5.41, 5.74) is 2.61. The smallest absolute Gasteiger partial charge is 0.271 e. The van der Waals surface area contributed by atoms with E-state index in [1.807, 2.05) is 6.92 Å². The fraction of sp³-hybridized carbons (Fsp3) is 0.273. The number of halogens is 1. The lowest BCUT2D eigenvalue weighted by atomic mass is 10.1. The van der Waals surface area contributed by atoms with Gasteiger partial charge in [0.05, 0.1) is 5.69 Å². The fourth-order valence-electron chi connectivity index (χ4n) is 3.07. The second kappa shape index (κ2) is 8.28. The SMILES string of the molecule is Cc1ccc(N2N=C(C(=O)Nc3cccc(C(=O)NC4CC4)c3)CCC2=O)cc1Cl. The molecule has 0 unspecified atom stereocenters. The van der Waals surface area contributed by atoms with E-state index in [0.29, 0.717) is 22.0 Å². The Hall–Kier alpha value is -3.19. The van der Waals surface area contributed by atoms with Gasteiger partial charge in [-0.1, -0.05) is 23.7 Å². The Morgan fingerprint density at radius 2 is 1.90 bits per heavy atom. The number of nitrogens with one attached hydrogen (secondary N) is 2. The van der Waals surface area contributed by atoms with Crippen LogP contribution in [0, 0.1) is 6.92 Å². The molecule has 2 aromatic rings. The van der Waals surface area contributed by atoms with Crippen molar-refractivity contribution in [2.24, 2.45) is 5.10 Å². The molecule has 1 aliphatic carbocycles. The second-order valence-electron chi connectivity index (χ2n) is 7.47. The molecule has 154 valence electrons. The minimum Gasteiger partial charge on any atom is -0.349 e. The van der Waals surface area contributed by atoms with Gasteiger partial charge in [0.1, 0.15) is 5.71 Å². The molecule has 1 fully saturated rings. The summed E-state index contributed by atoms with van der Waals surface area (Å²) in [6.07, 6.45) is 2.41. The van der Waals surface area contributed by atoms with Crippen molar-refractivity contribution in [2.75, 3.05) is 10.3 Å². The van der Waals surface area contributed by atoms with Crippen molar-refractivity contribution in [1.82, 2.24) is 5.32 Å². The standard InChI is InChI=1S/C22H21ClN4O3/c1-13-5-8-17(12-18(13)23)27-20(28)10-9-19(26-27)22(30)25-16-4-2-3-14(11-16)21(29)24-15-6-7-15/h2-5,8,11-12,15H,6-7,9-10H2,1H3,(H,24,29)(H,25,30). The van der Waals surface area contributed by atoms with Crippen LogP contribution in [0.2, 0.25) is 5.02 Å². The monoisotopic (exact) mass is 424 g/mol. The van der Waals surface area contributed by atoms with Gasteiger partial charge in [-0.15, -0.1) is 0 Å². The number of amides is 3. The normalized spacial score (nSPS) is 16.1. The van der Waals surface area contributed by atoms with E-state index in [9.17, 15) is 14.4 Å². The fourth-order valence-corrected chi connectivity index (χ4v) is 3.24. The van der Waals surface area contributed by atoms with Crippen LogP contribution in [0.1, 0.15) is 41.6 Å².